The van der Waals surface area contributed by atoms with Gasteiger partial charge in [0.25, 0.3) is 0 Å². The number of anilines is 1. The van der Waals surface area contributed by atoms with Crippen LogP contribution in [0.25, 0.3) is 0 Å². The van der Waals surface area contributed by atoms with Gasteiger partial charge in [-0.05, 0) is 53.4 Å². The third-order valence-electron chi connectivity index (χ3n) is 4.52. The number of ether oxygens (including phenoxy) is 1. The Balaban J connectivity index is 1.81. The number of phenols is 1. The standard InChI is InChI=1S/C23H22FNO3/c1-28-23(27)22(15-17-8-12-20(26)13-9-17)25-21-5-3-2-4-18(21)14-16-6-10-19(24)11-7-16/h2-13,22,25-26H,14-15H2,1H3. The molecular weight excluding hydrogens is 357 g/mol. The van der Waals surface area contributed by atoms with Gasteiger partial charge in [0.05, 0.1) is 7.11 Å². The molecule has 0 aliphatic rings. The Labute approximate surface area is 163 Å². The van der Waals surface area contributed by atoms with E-state index in [-0.39, 0.29) is 17.5 Å². The van der Waals surface area contributed by atoms with Crippen molar-refractivity contribution in [3.05, 3.63) is 95.3 Å². The Kier molecular flexibility index (Phi) is 6.27. The molecule has 0 heterocycles. The molecule has 144 valence electrons. The third kappa shape index (κ3) is 5.10. The number of halogens is 1. The summed E-state index contributed by atoms with van der Waals surface area (Å²) < 4.78 is 18.1. The third-order valence-corrected chi connectivity index (χ3v) is 4.52. The van der Waals surface area contributed by atoms with Crippen molar-refractivity contribution in [2.75, 3.05) is 12.4 Å². The second kappa shape index (κ2) is 9.04. The summed E-state index contributed by atoms with van der Waals surface area (Å²) in [5.74, 6) is -0.463. The molecule has 0 aliphatic carbocycles. The van der Waals surface area contributed by atoms with Crippen LogP contribution in [0, 0.1) is 5.82 Å². The fourth-order valence-electron chi connectivity index (χ4n) is 3.03. The van der Waals surface area contributed by atoms with E-state index in [0.29, 0.717) is 12.8 Å². The molecule has 0 radical (unpaired) electrons. The van der Waals surface area contributed by atoms with Gasteiger partial charge >= 0.3 is 5.97 Å². The molecule has 0 saturated heterocycles. The quantitative estimate of drug-likeness (QED) is 0.601. The highest BCUT2D eigenvalue weighted by Crippen LogP contribution is 2.22. The SMILES string of the molecule is COC(=O)C(Cc1ccc(O)cc1)Nc1ccccc1Cc1ccc(F)cc1. The first-order valence-electron chi connectivity index (χ1n) is 9.00. The van der Waals surface area contributed by atoms with E-state index in [9.17, 15) is 14.3 Å². The zero-order valence-electron chi connectivity index (χ0n) is 15.6. The zero-order chi connectivity index (χ0) is 19.9. The van der Waals surface area contributed by atoms with E-state index in [2.05, 4.69) is 5.32 Å². The largest absolute Gasteiger partial charge is 0.508 e. The minimum atomic E-state index is -0.580. The predicted octanol–water partition coefficient (Wildman–Crippen LogP) is 4.32. The first kappa shape index (κ1) is 19.4. The van der Waals surface area contributed by atoms with Crippen LogP contribution in [-0.2, 0) is 22.4 Å². The highest BCUT2D eigenvalue weighted by molar-refractivity contribution is 5.80. The van der Waals surface area contributed by atoms with Gasteiger partial charge in [0.15, 0.2) is 0 Å². The highest BCUT2D eigenvalue weighted by atomic mass is 19.1. The zero-order valence-corrected chi connectivity index (χ0v) is 15.6. The Morgan fingerprint density at radius 1 is 1.00 bits per heavy atom. The van der Waals surface area contributed by atoms with Gasteiger partial charge in [-0.25, -0.2) is 9.18 Å². The molecule has 3 rings (SSSR count). The molecule has 0 aliphatic heterocycles. The molecule has 3 aromatic rings. The van der Waals surface area contributed by atoms with Gasteiger partial charge in [-0.3, -0.25) is 0 Å². The molecule has 0 aromatic heterocycles. The molecule has 1 atom stereocenters. The molecular formula is C23H22FNO3. The van der Waals surface area contributed by atoms with Crippen LogP contribution < -0.4 is 5.32 Å². The number of para-hydroxylation sites is 1. The fourth-order valence-corrected chi connectivity index (χ4v) is 3.03. The minimum absolute atomic E-state index is 0.177. The van der Waals surface area contributed by atoms with Gasteiger partial charge in [-0.2, -0.15) is 0 Å². The Bertz CT molecular complexity index is 923. The van der Waals surface area contributed by atoms with Crippen molar-refractivity contribution in [1.82, 2.24) is 0 Å². The Morgan fingerprint density at radius 3 is 2.32 bits per heavy atom. The minimum Gasteiger partial charge on any atom is -0.508 e. The lowest BCUT2D eigenvalue weighted by atomic mass is 10.0. The average Bonchev–Trinajstić information content (AvgIpc) is 2.71. The number of carbonyl (C=O) groups is 1. The first-order chi connectivity index (χ1) is 13.5. The Morgan fingerprint density at radius 2 is 1.64 bits per heavy atom. The summed E-state index contributed by atoms with van der Waals surface area (Å²) in [6.07, 6.45) is 1.02. The van der Waals surface area contributed by atoms with Gasteiger partial charge in [0, 0.05) is 12.1 Å². The molecule has 0 saturated carbocycles. The summed E-state index contributed by atoms with van der Waals surface area (Å²) in [7, 11) is 1.36. The van der Waals surface area contributed by atoms with Gasteiger partial charge in [-0.1, -0.05) is 42.5 Å². The average molecular weight is 379 g/mol. The number of aromatic hydroxyl groups is 1. The van der Waals surface area contributed by atoms with Crippen molar-refractivity contribution in [3.63, 3.8) is 0 Å². The number of esters is 1. The molecule has 1 unspecified atom stereocenters. The summed E-state index contributed by atoms with van der Waals surface area (Å²) in [6.45, 7) is 0. The molecule has 4 nitrogen and oxygen atoms in total. The van der Waals surface area contributed by atoms with Gasteiger partial charge in [0.1, 0.15) is 17.6 Å². The molecule has 0 bridgehead atoms. The highest BCUT2D eigenvalue weighted by Gasteiger charge is 2.20. The maximum atomic E-state index is 13.2. The van der Waals surface area contributed by atoms with Crippen molar-refractivity contribution in [2.24, 2.45) is 0 Å². The second-order valence-electron chi connectivity index (χ2n) is 6.55. The number of rotatable bonds is 7. The summed E-state index contributed by atoms with van der Waals surface area (Å²) in [6, 6.07) is 20.2. The van der Waals surface area contributed by atoms with E-state index >= 15 is 0 Å². The van der Waals surface area contributed by atoms with Crippen molar-refractivity contribution in [1.29, 1.82) is 0 Å². The van der Waals surface area contributed by atoms with Gasteiger partial charge in [0.2, 0.25) is 0 Å². The number of carbonyl (C=O) groups excluding carboxylic acids is 1. The summed E-state index contributed by atoms with van der Waals surface area (Å²) >= 11 is 0. The van der Waals surface area contributed by atoms with Crippen LogP contribution in [0.2, 0.25) is 0 Å². The normalized spacial score (nSPS) is 11.6. The molecule has 28 heavy (non-hydrogen) atoms. The van der Waals surface area contributed by atoms with Crippen molar-refractivity contribution >= 4 is 11.7 Å². The Hall–Kier alpha value is -3.34. The van der Waals surface area contributed by atoms with Crippen molar-refractivity contribution in [2.45, 2.75) is 18.9 Å². The van der Waals surface area contributed by atoms with E-state index in [1.165, 1.54) is 19.2 Å². The number of hydrogen-bond donors (Lipinski definition) is 2. The van der Waals surface area contributed by atoms with E-state index in [1.807, 2.05) is 24.3 Å². The van der Waals surface area contributed by atoms with Crippen LogP contribution in [0.1, 0.15) is 16.7 Å². The van der Waals surface area contributed by atoms with Crippen molar-refractivity contribution < 1.29 is 19.0 Å². The lowest BCUT2D eigenvalue weighted by Crippen LogP contribution is -2.33. The maximum absolute atomic E-state index is 13.2. The van der Waals surface area contributed by atoms with Crippen molar-refractivity contribution in [3.8, 4) is 5.75 Å². The lowest BCUT2D eigenvalue weighted by molar-refractivity contribution is -0.141. The molecule has 3 aromatic carbocycles. The smallest absolute Gasteiger partial charge is 0.328 e. The summed E-state index contributed by atoms with van der Waals surface area (Å²) in [5, 5.41) is 12.7. The van der Waals surface area contributed by atoms with E-state index in [4.69, 9.17) is 4.74 Å². The monoisotopic (exact) mass is 379 g/mol. The number of nitrogens with one attached hydrogen (secondary N) is 1. The van der Waals surface area contributed by atoms with Crippen LogP contribution in [0.15, 0.2) is 72.8 Å². The number of phenolic OH excluding ortho intramolecular Hbond substituents is 1. The van der Waals surface area contributed by atoms with Gasteiger partial charge < -0.3 is 15.2 Å². The number of hydrogen-bond acceptors (Lipinski definition) is 4. The molecule has 2 N–H and O–H groups in total. The molecule has 0 spiro atoms. The summed E-state index contributed by atoms with van der Waals surface area (Å²) in [4.78, 5) is 12.3. The topological polar surface area (TPSA) is 58.6 Å². The van der Waals surface area contributed by atoms with Crippen LogP contribution in [-0.4, -0.2) is 24.2 Å². The van der Waals surface area contributed by atoms with E-state index in [1.54, 1.807) is 36.4 Å². The summed E-state index contributed by atoms with van der Waals surface area (Å²) in [5.41, 5.74) is 3.69. The van der Waals surface area contributed by atoms with Crippen LogP contribution in [0.5, 0.6) is 5.75 Å². The fraction of sp³-hybridized carbons (Fsp3) is 0.174. The molecule has 5 heteroatoms. The maximum Gasteiger partial charge on any atom is 0.328 e. The van der Waals surface area contributed by atoms with Gasteiger partial charge in [-0.15, -0.1) is 0 Å². The molecule has 0 amide bonds. The number of methoxy groups -OCH3 is 1. The molecule has 0 fully saturated rings. The van der Waals surface area contributed by atoms with E-state index in [0.717, 1.165) is 22.4 Å². The second-order valence-corrected chi connectivity index (χ2v) is 6.55. The van der Waals surface area contributed by atoms with Crippen LogP contribution >= 0.6 is 0 Å². The lowest BCUT2D eigenvalue weighted by Gasteiger charge is -2.20. The first-order valence-corrected chi connectivity index (χ1v) is 9.00. The van der Waals surface area contributed by atoms with Crippen LogP contribution in [0.4, 0.5) is 10.1 Å². The van der Waals surface area contributed by atoms with Crippen LogP contribution in [0.3, 0.4) is 0 Å². The predicted molar refractivity (Wildman–Crippen MR) is 107 cm³/mol. The number of benzene rings is 3. The van der Waals surface area contributed by atoms with E-state index < -0.39 is 6.04 Å².